The molecule has 1 N–H and O–H groups in total. The molecule has 4 nitrogen and oxygen atoms in total. The lowest BCUT2D eigenvalue weighted by Gasteiger charge is -2.20. The summed E-state index contributed by atoms with van der Waals surface area (Å²) >= 11 is 0. The molecule has 2 aromatic carbocycles. The molecule has 0 bridgehead atoms. The second-order valence-electron chi connectivity index (χ2n) is 6.23. The van der Waals surface area contributed by atoms with Gasteiger partial charge in [-0.15, -0.1) is 0 Å². The summed E-state index contributed by atoms with van der Waals surface area (Å²) in [7, 11) is 0. The molecule has 0 heterocycles. The topological polar surface area (TPSA) is 44.7 Å². The Labute approximate surface area is 150 Å². The van der Waals surface area contributed by atoms with E-state index in [4.69, 9.17) is 0 Å². The second kappa shape index (κ2) is 8.47. The third-order valence-corrected chi connectivity index (χ3v) is 4.36. The zero-order chi connectivity index (χ0) is 18.4. The summed E-state index contributed by atoms with van der Waals surface area (Å²) in [5, 5.41) is 4.12. The Morgan fingerprint density at radius 1 is 1.04 bits per heavy atom. The standard InChI is InChI=1S/C21H27N3O/c1-6-24(7-2)19-10-8-18(9-11-19)21(25)23-22-14-20-16(4)12-15(3)13-17(20)5/h8-14H,6-7H2,1-5H3,(H,23,25)/b22-14-. The Bertz CT molecular complexity index is 736. The Morgan fingerprint density at radius 2 is 1.60 bits per heavy atom. The van der Waals surface area contributed by atoms with Crippen molar-refractivity contribution in [3.8, 4) is 0 Å². The molecule has 0 aromatic heterocycles. The number of anilines is 1. The predicted molar refractivity (Wildman–Crippen MR) is 106 cm³/mol. The van der Waals surface area contributed by atoms with E-state index in [9.17, 15) is 4.79 Å². The highest BCUT2D eigenvalue weighted by atomic mass is 16.2. The summed E-state index contributed by atoms with van der Waals surface area (Å²) in [6.07, 6.45) is 1.71. The minimum Gasteiger partial charge on any atom is -0.372 e. The quantitative estimate of drug-likeness (QED) is 0.633. The van der Waals surface area contributed by atoms with Gasteiger partial charge in [0.05, 0.1) is 6.21 Å². The lowest BCUT2D eigenvalue weighted by Crippen LogP contribution is -2.22. The summed E-state index contributed by atoms with van der Waals surface area (Å²) in [6.45, 7) is 12.3. The number of hydrazone groups is 1. The lowest BCUT2D eigenvalue weighted by molar-refractivity contribution is 0.0955. The molecule has 132 valence electrons. The fourth-order valence-electron chi connectivity index (χ4n) is 3.03. The van der Waals surface area contributed by atoms with Gasteiger partial charge >= 0.3 is 0 Å². The third kappa shape index (κ3) is 4.69. The van der Waals surface area contributed by atoms with Crippen LogP contribution in [-0.2, 0) is 0 Å². The number of hydrogen-bond donors (Lipinski definition) is 1. The van der Waals surface area contributed by atoms with Crippen LogP contribution in [-0.4, -0.2) is 25.2 Å². The molecule has 1 amide bonds. The van der Waals surface area contributed by atoms with Crippen LogP contribution in [0.1, 0.15) is 46.5 Å². The van der Waals surface area contributed by atoms with Crippen molar-refractivity contribution in [2.45, 2.75) is 34.6 Å². The van der Waals surface area contributed by atoms with Crippen molar-refractivity contribution >= 4 is 17.8 Å². The molecule has 25 heavy (non-hydrogen) atoms. The average molecular weight is 337 g/mol. The maximum Gasteiger partial charge on any atom is 0.271 e. The first-order valence-electron chi connectivity index (χ1n) is 8.72. The van der Waals surface area contributed by atoms with Crippen LogP contribution >= 0.6 is 0 Å². The Hall–Kier alpha value is -2.62. The van der Waals surface area contributed by atoms with Crippen LogP contribution in [0.25, 0.3) is 0 Å². The number of aryl methyl sites for hydroxylation is 3. The zero-order valence-electron chi connectivity index (χ0n) is 15.8. The van der Waals surface area contributed by atoms with Gasteiger partial charge in [0, 0.05) is 29.9 Å². The molecule has 0 aliphatic rings. The lowest BCUT2D eigenvalue weighted by atomic mass is 10.0. The summed E-state index contributed by atoms with van der Waals surface area (Å²) in [5.74, 6) is -0.204. The Kier molecular flexibility index (Phi) is 6.34. The molecule has 0 unspecified atom stereocenters. The minimum absolute atomic E-state index is 0.204. The van der Waals surface area contributed by atoms with Gasteiger partial charge in [-0.3, -0.25) is 4.79 Å². The van der Waals surface area contributed by atoms with Gasteiger partial charge in [0.25, 0.3) is 5.91 Å². The van der Waals surface area contributed by atoms with Crippen molar-refractivity contribution < 1.29 is 4.79 Å². The van der Waals surface area contributed by atoms with Crippen LogP contribution in [0.4, 0.5) is 5.69 Å². The maximum absolute atomic E-state index is 12.2. The largest absolute Gasteiger partial charge is 0.372 e. The van der Waals surface area contributed by atoms with Gasteiger partial charge < -0.3 is 4.90 Å². The highest BCUT2D eigenvalue weighted by Crippen LogP contribution is 2.15. The van der Waals surface area contributed by atoms with Crippen LogP contribution in [0.2, 0.25) is 0 Å². The number of hydrogen-bond acceptors (Lipinski definition) is 3. The molecule has 2 rings (SSSR count). The van der Waals surface area contributed by atoms with E-state index in [0.717, 1.165) is 35.5 Å². The highest BCUT2D eigenvalue weighted by Gasteiger charge is 2.07. The Balaban J connectivity index is 2.05. The number of benzene rings is 2. The van der Waals surface area contributed by atoms with E-state index < -0.39 is 0 Å². The predicted octanol–water partition coefficient (Wildman–Crippen LogP) is 4.22. The van der Waals surface area contributed by atoms with Gasteiger partial charge in [-0.05, 0) is 70.0 Å². The van der Waals surface area contributed by atoms with E-state index in [1.54, 1.807) is 6.21 Å². The smallest absolute Gasteiger partial charge is 0.271 e. The average Bonchev–Trinajstić information content (AvgIpc) is 2.58. The van der Waals surface area contributed by atoms with Gasteiger partial charge in [-0.25, -0.2) is 5.43 Å². The molecule has 0 saturated carbocycles. The van der Waals surface area contributed by atoms with Gasteiger partial charge in [-0.1, -0.05) is 17.7 Å². The van der Waals surface area contributed by atoms with E-state index in [1.165, 1.54) is 5.56 Å². The second-order valence-corrected chi connectivity index (χ2v) is 6.23. The molecule has 0 aliphatic carbocycles. The summed E-state index contributed by atoms with van der Waals surface area (Å²) in [4.78, 5) is 14.5. The van der Waals surface area contributed by atoms with Gasteiger partial charge in [0.2, 0.25) is 0 Å². The van der Waals surface area contributed by atoms with Gasteiger partial charge in [-0.2, -0.15) is 5.10 Å². The van der Waals surface area contributed by atoms with Crippen LogP contribution in [0, 0.1) is 20.8 Å². The van der Waals surface area contributed by atoms with Crippen LogP contribution < -0.4 is 10.3 Å². The molecule has 0 fully saturated rings. The van der Waals surface area contributed by atoms with Crippen molar-refractivity contribution in [3.05, 3.63) is 64.2 Å². The number of carbonyl (C=O) groups excluding carboxylic acids is 1. The molecule has 0 spiro atoms. The fourth-order valence-corrected chi connectivity index (χ4v) is 3.03. The Morgan fingerprint density at radius 3 is 2.12 bits per heavy atom. The first-order chi connectivity index (χ1) is 12.0. The summed E-state index contributed by atoms with van der Waals surface area (Å²) < 4.78 is 0. The minimum atomic E-state index is -0.204. The van der Waals surface area contributed by atoms with Crippen LogP contribution in [0.5, 0.6) is 0 Å². The first-order valence-corrected chi connectivity index (χ1v) is 8.72. The zero-order valence-corrected chi connectivity index (χ0v) is 15.8. The number of nitrogens with one attached hydrogen (secondary N) is 1. The molecular weight excluding hydrogens is 310 g/mol. The molecule has 2 aromatic rings. The monoisotopic (exact) mass is 337 g/mol. The van der Waals surface area contributed by atoms with Crippen molar-refractivity contribution in [3.63, 3.8) is 0 Å². The van der Waals surface area contributed by atoms with Crippen LogP contribution in [0.15, 0.2) is 41.5 Å². The van der Waals surface area contributed by atoms with E-state index in [0.29, 0.717) is 5.56 Å². The maximum atomic E-state index is 12.2. The summed E-state index contributed by atoms with van der Waals surface area (Å²) in [5.41, 5.74) is 8.91. The summed E-state index contributed by atoms with van der Waals surface area (Å²) in [6, 6.07) is 11.8. The number of rotatable bonds is 6. The van der Waals surface area contributed by atoms with Crippen LogP contribution in [0.3, 0.4) is 0 Å². The van der Waals surface area contributed by atoms with E-state index in [1.807, 2.05) is 24.3 Å². The number of amides is 1. The van der Waals surface area contributed by atoms with E-state index in [-0.39, 0.29) is 5.91 Å². The number of carbonyl (C=O) groups is 1. The molecular formula is C21H27N3O. The highest BCUT2D eigenvalue weighted by molar-refractivity contribution is 5.95. The van der Waals surface area contributed by atoms with Crippen molar-refractivity contribution in [1.29, 1.82) is 0 Å². The van der Waals surface area contributed by atoms with Crippen molar-refractivity contribution in [2.75, 3.05) is 18.0 Å². The first kappa shape index (κ1) is 18.7. The van der Waals surface area contributed by atoms with Crippen molar-refractivity contribution in [1.82, 2.24) is 5.43 Å². The molecule has 0 radical (unpaired) electrons. The van der Waals surface area contributed by atoms with Gasteiger partial charge in [0.1, 0.15) is 0 Å². The van der Waals surface area contributed by atoms with Crippen molar-refractivity contribution in [2.24, 2.45) is 5.10 Å². The fraction of sp³-hybridized carbons (Fsp3) is 0.333. The molecule has 0 atom stereocenters. The van der Waals surface area contributed by atoms with E-state index >= 15 is 0 Å². The SMILES string of the molecule is CCN(CC)c1ccc(C(=O)N/N=C\c2c(C)cc(C)cc2C)cc1. The number of nitrogens with zero attached hydrogens (tertiary/aromatic N) is 2. The molecule has 0 aliphatic heterocycles. The molecule has 0 saturated heterocycles. The normalized spacial score (nSPS) is 10.9. The van der Waals surface area contributed by atoms with E-state index in [2.05, 4.69) is 62.2 Å². The van der Waals surface area contributed by atoms with Gasteiger partial charge in [0.15, 0.2) is 0 Å². The molecule has 4 heteroatoms. The third-order valence-electron chi connectivity index (χ3n) is 4.36.